The van der Waals surface area contributed by atoms with E-state index in [4.69, 9.17) is 5.73 Å². The summed E-state index contributed by atoms with van der Waals surface area (Å²) in [6.45, 7) is 7.14. The molecule has 0 saturated heterocycles. The minimum Gasteiger partial charge on any atom is -0.325 e. The average molecular weight is 192 g/mol. The summed E-state index contributed by atoms with van der Waals surface area (Å²) in [6, 6.07) is 0. The van der Waals surface area contributed by atoms with Gasteiger partial charge in [0.1, 0.15) is 0 Å². The molecule has 14 heavy (non-hydrogen) atoms. The summed E-state index contributed by atoms with van der Waals surface area (Å²) in [5.74, 6) is 0.642. The lowest BCUT2D eigenvalue weighted by molar-refractivity contribution is 0.614. The van der Waals surface area contributed by atoms with Crippen LogP contribution in [0.2, 0.25) is 0 Å². The Kier molecular flexibility index (Phi) is 2.37. The minimum atomic E-state index is 0.488. The van der Waals surface area contributed by atoms with Crippen LogP contribution >= 0.6 is 0 Å². The van der Waals surface area contributed by atoms with E-state index in [0.717, 1.165) is 17.8 Å². The number of nitrogens with zero attached hydrogens (tertiary/aromatic N) is 3. The van der Waals surface area contributed by atoms with E-state index in [-0.39, 0.29) is 0 Å². The molecule has 0 spiro atoms. The van der Waals surface area contributed by atoms with Gasteiger partial charge in [0.15, 0.2) is 0 Å². The molecule has 1 aliphatic carbocycles. The second kappa shape index (κ2) is 3.53. The van der Waals surface area contributed by atoms with Gasteiger partial charge in [-0.3, -0.25) is 0 Å². The van der Waals surface area contributed by atoms with Crippen molar-refractivity contribution in [3.8, 4) is 0 Å². The molecule has 0 aromatic carbocycles. The van der Waals surface area contributed by atoms with Crippen molar-refractivity contribution in [2.24, 2.45) is 5.73 Å². The van der Waals surface area contributed by atoms with Gasteiger partial charge in [-0.25, -0.2) is 4.68 Å². The number of rotatable bonds is 4. The Morgan fingerprint density at radius 1 is 1.64 bits per heavy atom. The highest BCUT2D eigenvalue weighted by molar-refractivity contribution is 5.21. The number of hydrogen-bond donors (Lipinski definition) is 1. The first-order valence-electron chi connectivity index (χ1n) is 4.99. The van der Waals surface area contributed by atoms with Crippen LogP contribution in [0.1, 0.15) is 37.1 Å². The van der Waals surface area contributed by atoms with Crippen LogP contribution in [0, 0.1) is 0 Å². The molecule has 0 atom stereocenters. The van der Waals surface area contributed by atoms with E-state index in [2.05, 4.69) is 16.9 Å². The molecule has 0 unspecified atom stereocenters. The zero-order valence-corrected chi connectivity index (χ0v) is 8.53. The molecule has 2 rings (SSSR count). The molecular weight excluding hydrogens is 176 g/mol. The van der Waals surface area contributed by atoms with Crippen molar-refractivity contribution < 1.29 is 0 Å². The van der Waals surface area contributed by atoms with Gasteiger partial charge in [-0.1, -0.05) is 17.4 Å². The Labute approximate surface area is 83.8 Å². The predicted octanol–water partition coefficient (Wildman–Crippen LogP) is 1.19. The SMILES string of the molecule is C=C(C)Cn1nnc(CN)c1C1CC1. The van der Waals surface area contributed by atoms with Gasteiger partial charge in [-0.2, -0.15) is 0 Å². The first kappa shape index (κ1) is 9.40. The molecule has 1 heterocycles. The first-order valence-corrected chi connectivity index (χ1v) is 4.99. The predicted molar refractivity (Wildman–Crippen MR) is 54.7 cm³/mol. The van der Waals surface area contributed by atoms with Gasteiger partial charge in [0, 0.05) is 12.5 Å². The van der Waals surface area contributed by atoms with Gasteiger partial charge in [0.2, 0.25) is 0 Å². The summed E-state index contributed by atoms with van der Waals surface area (Å²) < 4.78 is 1.95. The van der Waals surface area contributed by atoms with Crippen LogP contribution in [0.4, 0.5) is 0 Å². The zero-order chi connectivity index (χ0) is 10.1. The Balaban J connectivity index is 2.29. The van der Waals surface area contributed by atoms with E-state index < -0.39 is 0 Å². The molecule has 1 aliphatic rings. The van der Waals surface area contributed by atoms with Crippen molar-refractivity contribution in [3.05, 3.63) is 23.5 Å². The second-order valence-corrected chi connectivity index (χ2v) is 4.01. The number of allylic oxidation sites excluding steroid dienone is 1. The van der Waals surface area contributed by atoms with Crippen LogP contribution in [0.5, 0.6) is 0 Å². The van der Waals surface area contributed by atoms with Crippen molar-refractivity contribution in [2.45, 2.75) is 38.8 Å². The number of nitrogens with two attached hydrogens (primary N) is 1. The molecule has 0 aliphatic heterocycles. The maximum absolute atomic E-state index is 5.62. The topological polar surface area (TPSA) is 56.7 Å². The van der Waals surface area contributed by atoms with Crippen LogP contribution in [0.3, 0.4) is 0 Å². The van der Waals surface area contributed by atoms with Crippen molar-refractivity contribution in [3.63, 3.8) is 0 Å². The summed E-state index contributed by atoms with van der Waals surface area (Å²) in [6.07, 6.45) is 2.49. The Morgan fingerprint density at radius 2 is 2.36 bits per heavy atom. The number of hydrogen-bond acceptors (Lipinski definition) is 3. The molecule has 2 N–H and O–H groups in total. The van der Waals surface area contributed by atoms with Crippen LogP contribution in [0.25, 0.3) is 0 Å². The molecule has 1 saturated carbocycles. The van der Waals surface area contributed by atoms with Crippen molar-refractivity contribution >= 4 is 0 Å². The summed E-state index contributed by atoms with van der Waals surface area (Å²) in [5.41, 5.74) is 8.90. The Bertz CT molecular complexity index is 349. The summed E-state index contributed by atoms with van der Waals surface area (Å²) in [4.78, 5) is 0. The maximum atomic E-state index is 5.62. The van der Waals surface area contributed by atoms with Gasteiger partial charge in [0.25, 0.3) is 0 Å². The molecule has 0 bridgehead atoms. The van der Waals surface area contributed by atoms with Crippen molar-refractivity contribution in [1.82, 2.24) is 15.0 Å². The lowest BCUT2D eigenvalue weighted by atomic mass is 10.2. The quantitative estimate of drug-likeness (QED) is 0.729. The fraction of sp³-hybridized carbons (Fsp3) is 0.600. The fourth-order valence-corrected chi connectivity index (χ4v) is 1.68. The number of aromatic nitrogens is 3. The van der Waals surface area contributed by atoms with Crippen LogP contribution in [-0.4, -0.2) is 15.0 Å². The van der Waals surface area contributed by atoms with Gasteiger partial charge < -0.3 is 5.73 Å². The normalized spacial score (nSPS) is 15.9. The molecule has 1 aromatic rings. The molecule has 0 amide bonds. The standard InChI is InChI=1S/C10H16N4/c1-7(2)6-14-10(8-3-4-8)9(5-11)12-13-14/h8H,1,3-6,11H2,2H3. The highest BCUT2D eigenvalue weighted by Crippen LogP contribution is 2.41. The summed E-state index contributed by atoms with van der Waals surface area (Å²) >= 11 is 0. The molecule has 4 heteroatoms. The zero-order valence-electron chi connectivity index (χ0n) is 8.53. The van der Waals surface area contributed by atoms with Crippen molar-refractivity contribution in [1.29, 1.82) is 0 Å². The largest absolute Gasteiger partial charge is 0.325 e. The monoisotopic (exact) mass is 192 g/mol. The van der Waals surface area contributed by atoms with E-state index in [9.17, 15) is 0 Å². The smallest absolute Gasteiger partial charge is 0.0997 e. The molecule has 1 aromatic heterocycles. The lowest BCUT2D eigenvalue weighted by Gasteiger charge is -2.05. The first-order chi connectivity index (χ1) is 6.72. The van der Waals surface area contributed by atoms with E-state index in [0.29, 0.717) is 12.5 Å². The Hall–Kier alpha value is -1.16. The van der Waals surface area contributed by atoms with Gasteiger partial charge >= 0.3 is 0 Å². The summed E-state index contributed by atoms with van der Waals surface area (Å²) in [7, 11) is 0. The highest BCUT2D eigenvalue weighted by atomic mass is 15.4. The van der Waals surface area contributed by atoms with Gasteiger partial charge in [0.05, 0.1) is 17.9 Å². The van der Waals surface area contributed by atoms with Gasteiger partial charge in [-0.05, 0) is 19.8 Å². The maximum Gasteiger partial charge on any atom is 0.0997 e. The molecule has 0 radical (unpaired) electrons. The third-order valence-electron chi connectivity index (χ3n) is 2.42. The lowest BCUT2D eigenvalue weighted by Crippen LogP contribution is -2.07. The Morgan fingerprint density at radius 3 is 2.86 bits per heavy atom. The van der Waals surface area contributed by atoms with Crippen LogP contribution in [-0.2, 0) is 13.1 Å². The van der Waals surface area contributed by atoms with E-state index in [1.165, 1.54) is 18.5 Å². The molecule has 4 nitrogen and oxygen atoms in total. The minimum absolute atomic E-state index is 0.488. The van der Waals surface area contributed by atoms with E-state index in [1.54, 1.807) is 0 Å². The second-order valence-electron chi connectivity index (χ2n) is 4.01. The molecular formula is C10H16N4. The molecule has 1 fully saturated rings. The van der Waals surface area contributed by atoms with Gasteiger partial charge in [-0.15, -0.1) is 5.10 Å². The van der Waals surface area contributed by atoms with E-state index in [1.807, 2.05) is 11.6 Å². The van der Waals surface area contributed by atoms with E-state index >= 15 is 0 Å². The average Bonchev–Trinajstić information content (AvgIpc) is 2.88. The van der Waals surface area contributed by atoms with Crippen LogP contribution < -0.4 is 5.73 Å². The van der Waals surface area contributed by atoms with Crippen molar-refractivity contribution in [2.75, 3.05) is 0 Å². The fourth-order valence-electron chi connectivity index (χ4n) is 1.68. The summed E-state index contributed by atoms with van der Waals surface area (Å²) in [5, 5.41) is 8.21. The molecule has 76 valence electrons. The highest BCUT2D eigenvalue weighted by Gasteiger charge is 2.30. The third-order valence-corrected chi connectivity index (χ3v) is 2.42. The van der Waals surface area contributed by atoms with Crippen LogP contribution in [0.15, 0.2) is 12.2 Å². The third kappa shape index (κ3) is 1.70.